The van der Waals surface area contributed by atoms with Gasteiger partial charge in [-0.3, -0.25) is 4.99 Å². The molecule has 0 radical (unpaired) electrons. The number of hydrogen-bond donors (Lipinski definition) is 1. The molecule has 0 saturated carbocycles. The summed E-state index contributed by atoms with van der Waals surface area (Å²) in [6.07, 6.45) is 1.43. The number of carboxylic acid groups (broad SMARTS) is 1. The van der Waals surface area contributed by atoms with Crippen LogP contribution >= 0.6 is 0 Å². The summed E-state index contributed by atoms with van der Waals surface area (Å²) in [5.41, 5.74) is 0.659. The van der Waals surface area contributed by atoms with Crippen LogP contribution in [0.5, 0.6) is 0 Å². The molecule has 1 N–H and O–H groups in total. The molecule has 0 aliphatic carbocycles. The fraction of sp³-hybridized carbons (Fsp3) is 0. The highest BCUT2D eigenvalue weighted by Gasteiger charge is 2.26. The van der Waals surface area contributed by atoms with Crippen LogP contribution in [0.3, 0.4) is 0 Å². The number of aliphatic imine (C=N–C) groups is 1. The number of carbonyl (C=O) groups is 1. The molecule has 0 atom stereocenters. The molecule has 1 aliphatic rings. The quantitative estimate of drug-likeness (QED) is 0.744. The molecule has 6 heteroatoms. The van der Waals surface area contributed by atoms with Gasteiger partial charge >= 0.3 is 5.97 Å². The van der Waals surface area contributed by atoms with Gasteiger partial charge in [-0.25, -0.2) is 13.2 Å². The SMILES string of the molecule is O=C(O)c1ccc2c(c1)S(=O)(=O)c1ccccc1N=C2. The van der Waals surface area contributed by atoms with Crippen molar-refractivity contribution >= 4 is 27.7 Å². The highest BCUT2D eigenvalue weighted by atomic mass is 32.2. The molecule has 0 aromatic heterocycles. The van der Waals surface area contributed by atoms with E-state index in [1.54, 1.807) is 18.2 Å². The van der Waals surface area contributed by atoms with Crippen molar-refractivity contribution in [3.63, 3.8) is 0 Å². The first-order valence-corrected chi connectivity index (χ1v) is 7.24. The van der Waals surface area contributed by atoms with Gasteiger partial charge in [0.25, 0.3) is 0 Å². The minimum Gasteiger partial charge on any atom is -0.478 e. The molecular weight excluding hydrogens is 278 g/mol. The Balaban J connectivity index is 2.36. The van der Waals surface area contributed by atoms with Crippen molar-refractivity contribution in [3.05, 3.63) is 53.6 Å². The molecule has 0 saturated heterocycles. The maximum absolute atomic E-state index is 12.6. The lowest BCUT2D eigenvalue weighted by atomic mass is 10.1. The predicted octanol–water partition coefficient (Wildman–Crippen LogP) is 2.28. The third kappa shape index (κ3) is 1.81. The number of para-hydroxylation sites is 1. The average Bonchev–Trinajstić information content (AvgIpc) is 2.55. The van der Waals surface area contributed by atoms with E-state index in [9.17, 15) is 13.2 Å². The van der Waals surface area contributed by atoms with Gasteiger partial charge in [0.05, 0.1) is 21.0 Å². The zero-order chi connectivity index (χ0) is 14.3. The zero-order valence-electron chi connectivity index (χ0n) is 10.1. The standard InChI is InChI=1S/C14H9NO4S/c16-14(17)9-5-6-10-8-15-11-3-1-2-4-12(11)20(18,19)13(10)7-9/h1-8H,(H,16,17). The van der Waals surface area contributed by atoms with Gasteiger partial charge in [-0.15, -0.1) is 0 Å². The van der Waals surface area contributed by atoms with Crippen LogP contribution in [-0.4, -0.2) is 25.7 Å². The first kappa shape index (κ1) is 12.6. The van der Waals surface area contributed by atoms with Crippen molar-refractivity contribution in [2.24, 2.45) is 4.99 Å². The van der Waals surface area contributed by atoms with E-state index in [2.05, 4.69) is 4.99 Å². The van der Waals surface area contributed by atoms with Crippen molar-refractivity contribution in [3.8, 4) is 0 Å². The summed E-state index contributed by atoms with van der Waals surface area (Å²) in [6.45, 7) is 0. The third-order valence-electron chi connectivity index (χ3n) is 3.05. The van der Waals surface area contributed by atoms with E-state index in [0.29, 0.717) is 11.3 Å². The van der Waals surface area contributed by atoms with Gasteiger partial charge in [-0.05, 0) is 24.3 Å². The summed E-state index contributed by atoms with van der Waals surface area (Å²) in [5, 5.41) is 8.99. The van der Waals surface area contributed by atoms with Crippen LogP contribution in [0.1, 0.15) is 15.9 Å². The molecule has 2 aromatic carbocycles. The first-order valence-electron chi connectivity index (χ1n) is 5.76. The van der Waals surface area contributed by atoms with Gasteiger partial charge in [0.1, 0.15) is 0 Å². The molecule has 0 amide bonds. The number of carboxylic acids is 1. The molecule has 5 nitrogen and oxygen atoms in total. The van der Waals surface area contributed by atoms with Crippen LogP contribution in [-0.2, 0) is 9.84 Å². The van der Waals surface area contributed by atoms with Crippen LogP contribution in [0.4, 0.5) is 5.69 Å². The summed E-state index contributed by atoms with van der Waals surface area (Å²) in [7, 11) is -3.78. The zero-order valence-corrected chi connectivity index (χ0v) is 11.0. The highest BCUT2D eigenvalue weighted by molar-refractivity contribution is 7.91. The molecule has 20 heavy (non-hydrogen) atoms. The lowest BCUT2D eigenvalue weighted by molar-refractivity contribution is 0.0696. The van der Waals surface area contributed by atoms with Crippen LogP contribution in [0.15, 0.2) is 57.2 Å². The predicted molar refractivity (Wildman–Crippen MR) is 72.5 cm³/mol. The Morgan fingerprint density at radius 2 is 1.80 bits per heavy atom. The molecule has 100 valence electrons. The fourth-order valence-electron chi connectivity index (χ4n) is 2.06. The molecule has 0 unspecified atom stereocenters. The van der Waals surface area contributed by atoms with Crippen LogP contribution < -0.4 is 0 Å². The van der Waals surface area contributed by atoms with Crippen LogP contribution in [0, 0.1) is 0 Å². The van der Waals surface area contributed by atoms with Gasteiger partial charge in [0.2, 0.25) is 9.84 Å². The molecule has 0 bridgehead atoms. The van der Waals surface area contributed by atoms with E-state index in [-0.39, 0.29) is 15.4 Å². The monoisotopic (exact) mass is 287 g/mol. The number of aromatic carboxylic acids is 1. The summed E-state index contributed by atoms with van der Waals surface area (Å²) >= 11 is 0. The Morgan fingerprint density at radius 1 is 1.05 bits per heavy atom. The van der Waals surface area contributed by atoms with Crippen LogP contribution in [0.25, 0.3) is 0 Å². The maximum Gasteiger partial charge on any atom is 0.335 e. The lowest BCUT2D eigenvalue weighted by Crippen LogP contribution is -2.06. The fourth-order valence-corrected chi connectivity index (χ4v) is 3.66. The van der Waals surface area contributed by atoms with Gasteiger partial charge in [-0.2, -0.15) is 0 Å². The smallest absolute Gasteiger partial charge is 0.335 e. The first-order chi connectivity index (χ1) is 9.50. The topological polar surface area (TPSA) is 83.8 Å². The normalized spacial score (nSPS) is 15.0. The summed E-state index contributed by atoms with van der Waals surface area (Å²) < 4.78 is 25.2. The Morgan fingerprint density at radius 3 is 2.55 bits per heavy atom. The van der Waals surface area contributed by atoms with Crippen molar-refractivity contribution in [2.45, 2.75) is 9.79 Å². The Hall–Kier alpha value is -2.47. The lowest BCUT2D eigenvalue weighted by Gasteiger charge is -2.07. The minimum atomic E-state index is -3.78. The van der Waals surface area contributed by atoms with E-state index in [4.69, 9.17) is 5.11 Å². The number of rotatable bonds is 1. The highest BCUT2D eigenvalue weighted by Crippen LogP contribution is 2.33. The Labute approximate surface area is 115 Å². The largest absolute Gasteiger partial charge is 0.478 e. The van der Waals surface area contributed by atoms with Gasteiger partial charge in [0.15, 0.2) is 0 Å². The van der Waals surface area contributed by atoms with E-state index >= 15 is 0 Å². The second-order valence-corrected chi connectivity index (χ2v) is 6.17. The maximum atomic E-state index is 12.6. The van der Waals surface area contributed by atoms with E-state index in [1.165, 1.54) is 30.5 Å². The molecule has 0 spiro atoms. The number of sulfone groups is 1. The van der Waals surface area contributed by atoms with Crippen molar-refractivity contribution < 1.29 is 18.3 Å². The number of hydrogen-bond acceptors (Lipinski definition) is 4. The molecule has 3 rings (SSSR count). The van der Waals surface area contributed by atoms with Gasteiger partial charge in [0, 0.05) is 11.8 Å². The second-order valence-electron chi connectivity index (χ2n) is 4.29. The number of nitrogens with zero attached hydrogens (tertiary/aromatic N) is 1. The molecule has 1 heterocycles. The van der Waals surface area contributed by atoms with Crippen molar-refractivity contribution in [1.29, 1.82) is 0 Å². The number of benzene rings is 2. The average molecular weight is 287 g/mol. The van der Waals surface area contributed by atoms with Crippen molar-refractivity contribution in [2.75, 3.05) is 0 Å². The minimum absolute atomic E-state index is 0.0360. The Bertz CT molecular complexity index is 853. The van der Waals surface area contributed by atoms with Crippen LogP contribution in [0.2, 0.25) is 0 Å². The Kier molecular flexibility index (Phi) is 2.69. The van der Waals surface area contributed by atoms with Gasteiger partial charge in [-0.1, -0.05) is 18.2 Å². The summed E-state index contributed by atoms with van der Waals surface area (Å²) in [6, 6.07) is 10.4. The summed E-state index contributed by atoms with van der Waals surface area (Å²) in [5.74, 6) is -1.17. The van der Waals surface area contributed by atoms with E-state index < -0.39 is 15.8 Å². The molecule has 2 aromatic rings. The third-order valence-corrected chi connectivity index (χ3v) is 4.90. The number of fused-ring (bicyclic) bond motifs is 2. The molecule has 1 aliphatic heterocycles. The second kappa shape index (κ2) is 4.28. The van der Waals surface area contributed by atoms with Gasteiger partial charge < -0.3 is 5.11 Å². The van der Waals surface area contributed by atoms with E-state index in [1.807, 2.05) is 0 Å². The molecular formula is C14H9NO4S. The molecule has 0 fully saturated rings. The summed E-state index contributed by atoms with van der Waals surface area (Å²) in [4.78, 5) is 15.2. The van der Waals surface area contributed by atoms with Crippen molar-refractivity contribution in [1.82, 2.24) is 0 Å². The van der Waals surface area contributed by atoms with E-state index in [0.717, 1.165) is 0 Å².